The Hall–Kier alpha value is -2.32. The van der Waals surface area contributed by atoms with Crippen molar-refractivity contribution < 1.29 is 14.3 Å². The number of benzene rings is 2. The van der Waals surface area contributed by atoms with Crippen molar-refractivity contribution in [3.8, 4) is 5.88 Å². The molecule has 0 aliphatic carbocycles. The lowest BCUT2D eigenvalue weighted by molar-refractivity contribution is 0.0999. The number of thiazole rings is 1. The number of anilines is 2. The van der Waals surface area contributed by atoms with Gasteiger partial charge < -0.3 is 9.64 Å². The van der Waals surface area contributed by atoms with Crippen molar-refractivity contribution in [3.63, 3.8) is 0 Å². The molecule has 1 aromatic heterocycles. The summed E-state index contributed by atoms with van der Waals surface area (Å²) in [4.78, 5) is 32.0. The van der Waals surface area contributed by atoms with E-state index in [-0.39, 0.29) is 16.5 Å². The van der Waals surface area contributed by atoms with Crippen molar-refractivity contribution in [2.75, 3.05) is 19.0 Å². The van der Waals surface area contributed by atoms with Crippen LogP contribution in [-0.4, -0.2) is 36.0 Å². The lowest BCUT2D eigenvalue weighted by Crippen LogP contribution is -2.27. The van der Waals surface area contributed by atoms with Crippen LogP contribution in [0.2, 0.25) is 15.1 Å². The van der Waals surface area contributed by atoms with Gasteiger partial charge in [0, 0.05) is 24.1 Å². The fraction of sp³-hybridized carbons (Fsp3) is 0.105. The van der Waals surface area contributed by atoms with E-state index < -0.39 is 12.0 Å². The van der Waals surface area contributed by atoms with Crippen LogP contribution in [0.25, 0.3) is 0 Å². The molecule has 0 saturated heterocycles. The van der Waals surface area contributed by atoms with Crippen molar-refractivity contribution in [1.82, 2.24) is 9.88 Å². The molecule has 10 heteroatoms. The molecule has 6 nitrogen and oxygen atoms in total. The predicted octanol–water partition coefficient (Wildman–Crippen LogP) is 6.14. The molecule has 0 spiro atoms. The van der Waals surface area contributed by atoms with Gasteiger partial charge in [0.1, 0.15) is 0 Å². The summed E-state index contributed by atoms with van der Waals surface area (Å²) in [5.41, 5.74) is 0.762. The van der Waals surface area contributed by atoms with Crippen LogP contribution in [0, 0.1) is 0 Å². The second-order valence-corrected chi connectivity index (χ2v) is 8.09. The summed E-state index contributed by atoms with van der Waals surface area (Å²) in [5.74, 6) is -0.341. The SMILES string of the molecule is CN(C)C(=O)Oc1csc(N(C(=O)c2ccc(Cl)cc2Cl)c2ccc(Cl)cc2)n1. The summed E-state index contributed by atoms with van der Waals surface area (Å²) in [6.45, 7) is 0. The molecule has 2 amide bonds. The first-order chi connectivity index (χ1) is 13.8. The summed E-state index contributed by atoms with van der Waals surface area (Å²) < 4.78 is 5.17. The Balaban J connectivity index is 2.02. The third-order valence-corrected chi connectivity index (χ3v) is 5.27. The highest BCUT2D eigenvalue weighted by molar-refractivity contribution is 7.14. The smallest absolute Gasteiger partial charge is 0.390 e. The lowest BCUT2D eigenvalue weighted by atomic mass is 10.2. The van der Waals surface area contributed by atoms with Crippen LogP contribution in [0.5, 0.6) is 5.88 Å². The Morgan fingerprint density at radius 1 is 1.00 bits per heavy atom. The molecule has 150 valence electrons. The fourth-order valence-corrected chi connectivity index (χ4v) is 3.63. The average molecular weight is 471 g/mol. The third-order valence-electron chi connectivity index (χ3n) is 3.67. The quantitative estimate of drug-likeness (QED) is 0.459. The summed E-state index contributed by atoms with van der Waals surface area (Å²) in [6, 6.07) is 11.3. The van der Waals surface area contributed by atoms with E-state index in [1.807, 2.05) is 0 Å². The van der Waals surface area contributed by atoms with Crippen LogP contribution >= 0.6 is 46.1 Å². The second-order valence-electron chi connectivity index (χ2n) is 5.97. The maximum Gasteiger partial charge on any atom is 0.416 e. The van der Waals surface area contributed by atoms with Crippen LogP contribution in [0.4, 0.5) is 15.6 Å². The third kappa shape index (κ3) is 5.00. The van der Waals surface area contributed by atoms with Gasteiger partial charge in [0.2, 0.25) is 11.0 Å². The zero-order chi connectivity index (χ0) is 21.1. The van der Waals surface area contributed by atoms with Crippen molar-refractivity contribution in [2.45, 2.75) is 0 Å². The molecule has 0 aliphatic rings. The molecule has 0 atom stereocenters. The second kappa shape index (κ2) is 9.00. The topological polar surface area (TPSA) is 62.7 Å². The molecular weight excluding hydrogens is 457 g/mol. The number of halogens is 3. The van der Waals surface area contributed by atoms with Crippen LogP contribution in [0.3, 0.4) is 0 Å². The minimum Gasteiger partial charge on any atom is -0.390 e. The van der Waals surface area contributed by atoms with Crippen molar-refractivity contribution in [1.29, 1.82) is 0 Å². The van der Waals surface area contributed by atoms with Gasteiger partial charge in [0.05, 0.1) is 21.7 Å². The Morgan fingerprint density at radius 3 is 2.28 bits per heavy atom. The highest BCUT2D eigenvalue weighted by Crippen LogP contribution is 2.35. The maximum absolute atomic E-state index is 13.3. The summed E-state index contributed by atoms with van der Waals surface area (Å²) in [6.07, 6.45) is -0.577. The predicted molar refractivity (Wildman–Crippen MR) is 116 cm³/mol. The summed E-state index contributed by atoms with van der Waals surface area (Å²) in [5, 5.41) is 2.97. The molecule has 0 N–H and O–H groups in total. The van der Waals surface area contributed by atoms with Crippen LogP contribution < -0.4 is 9.64 Å². The van der Waals surface area contributed by atoms with Gasteiger partial charge in [-0.15, -0.1) is 11.3 Å². The molecule has 0 aliphatic heterocycles. The van der Waals surface area contributed by atoms with Crippen LogP contribution in [0.15, 0.2) is 47.8 Å². The van der Waals surface area contributed by atoms with E-state index in [4.69, 9.17) is 39.5 Å². The van der Waals surface area contributed by atoms with Gasteiger partial charge >= 0.3 is 6.09 Å². The Bertz CT molecular complexity index is 1050. The van der Waals surface area contributed by atoms with Gasteiger partial charge in [-0.3, -0.25) is 9.69 Å². The van der Waals surface area contributed by atoms with Crippen molar-refractivity contribution >= 4 is 69.0 Å². The van der Waals surface area contributed by atoms with Gasteiger partial charge in [-0.25, -0.2) is 4.79 Å². The molecule has 0 saturated carbocycles. The molecule has 0 fully saturated rings. The zero-order valence-electron chi connectivity index (χ0n) is 15.2. The van der Waals surface area contributed by atoms with Gasteiger partial charge in [0.15, 0.2) is 0 Å². The lowest BCUT2D eigenvalue weighted by Gasteiger charge is -2.20. The Labute approximate surface area is 186 Å². The van der Waals surface area contributed by atoms with Gasteiger partial charge in [0.25, 0.3) is 5.91 Å². The summed E-state index contributed by atoms with van der Waals surface area (Å²) in [7, 11) is 3.11. The van der Waals surface area contributed by atoms with E-state index in [0.717, 1.165) is 11.3 Å². The highest BCUT2D eigenvalue weighted by Gasteiger charge is 2.25. The van der Waals surface area contributed by atoms with Crippen LogP contribution in [-0.2, 0) is 0 Å². The molecule has 3 aromatic rings. The highest BCUT2D eigenvalue weighted by atomic mass is 35.5. The standard InChI is InChI=1S/C19H14Cl3N3O3S/c1-24(2)19(27)28-16-10-29-18(23-16)25(13-6-3-11(20)4-7-13)17(26)14-8-5-12(21)9-15(14)22/h3-10H,1-2H3. The number of ether oxygens (including phenoxy) is 1. The van der Waals surface area contributed by atoms with Crippen molar-refractivity contribution in [2.24, 2.45) is 0 Å². The number of amides is 2. The van der Waals surface area contributed by atoms with Gasteiger partial charge in [-0.2, -0.15) is 4.98 Å². The van der Waals surface area contributed by atoms with E-state index in [1.54, 1.807) is 44.4 Å². The van der Waals surface area contributed by atoms with E-state index in [1.165, 1.54) is 27.3 Å². The average Bonchev–Trinajstić information content (AvgIpc) is 3.11. The number of hydrogen-bond acceptors (Lipinski definition) is 5. The molecule has 3 rings (SSSR count). The minimum absolute atomic E-state index is 0.0812. The minimum atomic E-state index is -0.577. The Kier molecular flexibility index (Phi) is 6.64. The number of carbonyl (C=O) groups is 2. The number of nitrogens with zero attached hydrogens (tertiary/aromatic N) is 3. The van der Waals surface area contributed by atoms with Gasteiger partial charge in [-0.05, 0) is 42.5 Å². The molecular formula is C19H14Cl3N3O3S. The number of carbonyl (C=O) groups excluding carboxylic acids is 2. The molecule has 29 heavy (non-hydrogen) atoms. The van der Waals surface area contributed by atoms with Gasteiger partial charge in [-0.1, -0.05) is 34.8 Å². The fourth-order valence-electron chi connectivity index (χ4n) is 2.27. The largest absolute Gasteiger partial charge is 0.416 e. The monoisotopic (exact) mass is 469 g/mol. The number of rotatable bonds is 4. The molecule has 0 radical (unpaired) electrons. The maximum atomic E-state index is 13.3. The molecule has 2 aromatic carbocycles. The van der Waals surface area contributed by atoms with Crippen molar-refractivity contribution in [3.05, 3.63) is 68.5 Å². The molecule has 1 heterocycles. The van der Waals surface area contributed by atoms with E-state index in [9.17, 15) is 9.59 Å². The van der Waals surface area contributed by atoms with E-state index >= 15 is 0 Å². The first-order valence-electron chi connectivity index (χ1n) is 8.16. The molecule has 0 bridgehead atoms. The number of aromatic nitrogens is 1. The first-order valence-corrected chi connectivity index (χ1v) is 10.2. The Morgan fingerprint density at radius 2 is 1.66 bits per heavy atom. The first kappa shape index (κ1) is 21.4. The summed E-state index contributed by atoms with van der Waals surface area (Å²) >= 11 is 19.3. The van der Waals surface area contributed by atoms with E-state index in [2.05, 4.69) is 4.98 Å². The van der Waals surface area contributed by atoms with E-state index in [0.29, 0.717) is 20.9 Å². The molecule has 0 unspecified atom stereocenters. The van der Waals surface area contributed by atoms with Crippen LogP contribution in [0.1, 0.15) is 10.4 Å². The normalized spacial score (nSPS) is 10.5. The number of hydrogen-bond donors (Lipinski definition) is 0. The zero-order valence-corrected chi connectivity index (χ0v) is 18.3.